The molecule has 0 aromatic heterocycles. The van der Waals surface area contributed by atoms with Crippen molar-refractivity contribution >= 4 is 43.1 Å². The largest absolute Gasteiger partial charge is 0.243 e. The van der Waals surface area contributed by atoms with Gasteiger partial charge in [-0.1, -0.05) is 53.5 Å². The smallest absolute Gasteiger partial charge is 0.223 e. The fourth-order valence-corrected chi connectivity index (χ4v) is 7.62. The average Bonchev–Trinajstić information content (AvgIpc) is 2.79. The third kappa shape index (κ3) is 4.72. The number of sulfone groups is 1. The number of piperidine rings is 1. The molecule has 0 aliphatic carbocycles. The van der Waals surface area contributed by atoms with E-state index in [2.05, 4.69) is 0 Å². The van der Waals surface area contributed by atoms with E-state index in [4.69, 9.17) is 23.2 Å². The Labute approximate surface area is 198 Å². The minimum atomic E-state index is -3.72. The molecule has 4 rings (SSSR count). The van der Waals surface area contributed by atoms with Crippen molar-refractivity contribution in [3.63, 3.8) is 0 Å². The van der Waals surface area contributed by atoms with Gasteiger partial charge in [0.15, 0.2) is 9.84 Å². The maximum Gasteiger partial charge on any atom is 0.243 e. The van der Waals surface area contributed by atoms with E-state index in [1.807, 2.05) is 0 Å². The second-order valence-electron chi connectivity index (χ2n) is 7.64. The molecule has 1 fully saturated rings. The molecule has 1 aliphatic heterocycles. The van der Waals surface area contributed by atoms with Gasteiger partial charge in [-0.05, 0) is 66.4 Å². The molecular weight excluding hydrogens is 489 g/mol. The van der Waals surface area contributed by atoms with Crippen LogP contribution < -0.4 is 0 Å². The minimum Gasteiger partial charge on any atom is -0.223 e. The molecule has 0 unspecified atom stereocenters. The van der Waals surface area contributed by atoms with Crippen molar-refractivity contribution < 1.29 is 16.8 Å². The highest BCUT2D eigenvalue weighted by Gasteiger charge is 2.35. The lowest BCUT2D eigenvalue weighted by atomic mass is 10.1. The van der Waals surface area contributed by atoms with Crippen molar-refractivity contribution in [1.29, 1.82) is 0 Å². The fraction of sp³-hybridized carbons (Fsp3) is 0.217. The van der Waals surface area contributed by atoms with Crippen LogP contribution in [-0.4, -0.2) is 39.5 Å². The van der Waals surface area contributed by atoms with Gasteiger partial charge in [0.2, 0.25) is 10.0 Å². The molecule has 5 nitrogen and oxygen atoms in total. The zero-order valence-electron chi connectivity index (χ0n) is 17.0. The van der Waals surface area contributed by atoms with Crippen molar-refractivity contribution in [2.45, 2.75) is 27.9 Å². The zero-order valence-corrected chi connectivity index (χ0v) is 20.1. The molecule has 0 spiro atoms. The third-order valence-electron chi connectivity index (χ3n) is 5.60. The summed E-state index contributed by atoms with van der Waals surface area (Å²) in [6, 6.07) is 20.0. The van der Waals surface area contributed by atoms with Crippen molar-refractivity contribution in [2.75, 3.05) is 13.1 Å². The van der Waals surface area contributed by atoms with Crippen LogP contribution >= 0.6 is 23.2 Å². The molecule has 1 saturated heterocycles. The average molecular weight is 510 g/mol. The Balaban J connectivity index is 1.49. The van der Waals surface area contributed by atoms with Crippen LogP contribution in [-0.2, 0) is 19.9 Å². The molecule has 0 bridgehead atoms. The normalized spacial score (nSPS) is 16.2. The van der Waals surface area contributed by atoms with Crippen LogP contribution in [0, 0.1) is 0 Å². The van der Waals surface area contributed by atoms with Gasteiger partial charge in [-0.3, -0.25) is 0 Å². The van der Waals surface area contributed by atoms with Crippen molar-refractivity contribution in [1.82, 2.24) is 4.31 Å². The first kappa shape index (κ1) is 23.3. The van der Waals surface area contributed by atoms with E-state index in [-0.39, 0.29) is 35.7 Å². The van der Waals surface area contributed by atoms with Crippen LogP contribution in [0.1, 0.15) is 12.8 Å². The monoisotopic (exact) mass is 509 g/mol. The Kier molecular flexibility index (Phi) is 6.66. The number of benzene rings is 3. The van der Waals surface area contributed by atoms with Crippen molar-refractivity contribution in [2.24, 2.45) is 0 Å². The summed E-state index contributed by atoms with van der Waals surface area (Å²) in [6.45, 7) is 0.315. The molecule has 32 heavy (non-hydrogen) atoms. The van der Waals surface area contributed by atoms with Crippen LogP contribution in [0.25, 0.3) is 11.1 Å². The highest BCUT2D eigenvalue weighted by atomic mass is 35.5. The van der Waals surface area contributed by atoms with Crippen molar-refractivity contribution in [3.05, 3.63) is 82.8 Å². The second-order valence-corrected chi connectivity index (χ2v) is 12.7. The number of sulfonamides is 1. The lowest BCUT2D eigenvalue weighted by Crippen LogP contribution is -2.42. The predicted molar refractivity (Wildman–Crippen MR) is 127 cm³/mol. The predicted octanol–water partition coefficient (Wildman–Crippen LogP) is 5.29. The van der Waals surface area contributed by atoms with Crippen LogP contribution in [0.3, 0.4) is 0 Å². The van der Waals surface area contributed by atoms with Gasteiger partial charge in [-0.2, -0.15) is 4.31 Å². The van der Waals surface area contributed by atoms with E-state index in [1.165, 1.54) is 4.31 Å². The number of hydrogen-bond acceptors (Lipinski definition) is 4. The molecule has 3 aromatic carbocycles. The molecular formula is C23H21Cl2NO4S2. The van der Waals surface area contributed by atoms with E-state index in [0.29, 0.717) is 10.0 Å². The quantitative estimate of drug-likeness (QED) is 0.468. The molecule has 0 amide bonds. The lowest BCUT2D eigenvalue weighted by molar-refractivity contribution is 0.345. The number of rotatable bonds is 5. The highest BCUT2D eigenvalue weighted by Crippen LogP contribution is 2.30. The first-order valence-electron chi connectivity index (χ1n) is 10.0. The summed E-state index contributed by atoms with van der Waals surface area (Å²) in [6.07, 6.45) is 0.519. The molecule has 1 aliphatic rings. The zero-order chi connectivity index (χ0) is 22.9. The Morgan fingerprint density at radius 1 is 0.688 bits per heavy atom. The molecule has 0 atom stereocenters. The Hall–Kier alpha value is -1.90. The minimum absolute atomic E-state index is 0.157. The SMILES string of the molecule is O=S(=O)(c1ccccc1)C1CCN(S(=O)(=O)c2ccc(-c3cc(Cl)cc(Cl)c3)cc2)CC1. The maximum absolute atomic E-state index is 13.1. The fourth-order valence-electron chi connectivity index (χ4n) is 3.87. The highest BCUT2D eigenvalue weighted by molar-refractivity contribution is 7.92. The molecule has 168 valence electrons. The molecule has 0 radical (unpaired) electrons. The summed E-state index contributed by atoms with van der Waals surface area (Å²) in [7, 11) is -7.21. The van der Waals surface area contributed by atoms with Gasteiger partial charge >= 0.3 is 0 Å². The van der Waals surface area contributed by atoms with Gasteiger partial charge in [0.05, 0.1) is 15.0 Å². The summed E-state index contributed by atoms with van der Waals surface area (Å²) >= 11 is 12.1. The number of nitrogens with zero attached hydrogens (tertiary/aromatic N) is 1. The summed E-state index contributed by atoms with van der Waals surface area (Å²) in [5, 5.41) is 0.404. The van der Waals surface area contributed by atoms with Crippen LogP contribution in [0.2, 0.25) is 10.0 Å². The molecule has 0 saturated carbocycles. The Morgan fingerprint density at radius 2 is 1.25 bits per heavy atom. The Morgan fingerprint density at radius 3 is 1.81 bits per heavy atom. The number of hydrogen-bond donors (Lipinski definition) is 0. The second kappa shape index (κ2) is 9.15. The van der Waals surface area contributed by atoms with Crippen LogP contribution in [0.5, 0.6) is 0 Å². The summed E-state index contributed by atoms with van der Waals surface area (Å²) in [5.74, 6) is 0. The summed E-state index contributed by atoms with van der Waals surface area (Å²) < 4.78 is 53.3. The summed E-state index contributed by atoms with van der Waals surface area (Å²) in [4.78, 5) is 0.441. The van der Waals surface area contributed by atoms with Gasteiger partial charge in [0.25, 0.3) is 0 Å². The molecule has 9 heteroatoms. The first-order valence-corrected chi connectivity index (χ1v) is 13.8. The van der Waals surface area contributed by atoms with Crippen molar-refractivity contribution in [3.8, 4) is 11.1 Å². The topological polar surface area (TPSA) is 71.5 Å². The van der Waals surface area contributed by atoms with E-state index in [0.717, 1.165) is 11.1 Å². The third-order valence-corrected chi connectivity index (χ3v) is 10.2. The standard InChI is InChI=1S/C23H21Cl2NO4S2/c24-19-14-18(15-20(25)16-19)17-6-8-23(9-7-17)32(29,30)26-12-10-22(11-13-26)31(27,28)21-4-2-1-3-5-21/h1-9,14-16,22H,10-13H2. The van der Waals surface area contributed by atoms with Gasteiger partial charge in [0, 0.05) is 23.1 Å². The van der Waals surface area contributed by atoms with E-state index < -0.39 is 25.1 Å². The van der Waals surface area contributed by atoms with Gasteiger partial charge in [-0.25, -0.2) is 16.8 Å². The van der Waals surface area contributed by atoms with Crippen LogP contribution in [0.4, 0.5) is 0 Å². The summed E-state index contributed by atoms with van der Waals surface area (Å²) in [5.41, 5.74) is 1.58. The van der Waals surface area contributed by atoms with Gasteiger partial charge in [-0.15, -0.1) is 0 Å². The first-order chi connectivity index (χ1) is 15.2. The molecule has 3 aromatic rings. The van der Waals surface area contributed by atoms with Gasteiger partial charge in [0.1, 0.15) is 0 Å². The van der Waals surface area contributed by atoms with Gasteiger partial charge < -0.3 is 0 Å². The Bertz CT molecular complexity index is 1300. The maximum atomic E-state index is 13.1. The molecule has 0 N–H and O–H groups in total. The van der Waals surface area contributed by atoms with E-state index >= 15 is 0 Å². The lowest BCUT2D eigenvalue weighted by Gasteiger charge is -2.31. The van der Waals surface area contributed by atoms with Crippen LogP contribution in [0.15, 0.2) is 82.6 Å². The van der Waals surface area contributed by atoms with E-state index in [1.54, 1.807) is 72.8 Å². The van der Waals surface area contributed by atoms with E-state index in [9.17, 15) is 16.8 Å². The number of halogens is 2. The molecule has 1 heterocycles.